The zero-order chi connectivity index (χ0) is 13.6. The van der Waals surface area contributed by atoms with Gasteiger partial charge in [-0.25, -0.2) is 0 Å². The molecule has 0 bridgehead atoms. The lowest BCUT2D eigenvalue weighted by atomic mass is 9.93. The molecule has 0 aromatic rings. The van der Waals surface area contributed by atoms with Gasteiger partial charge >= 0.3 is 0 Å². The first-order valence-electron chi connectivity index (χ1n) is 5.59. The molecule has 2 unspecified atom stereocenters. The van der Waals surface area contributed by atoms with Crippen LogP contribution in [0.5, 0.6) is 0 Å². The normalized spacial score (nSPS) is 15.8. The molecule has 1 amide bonds. The van der Waals surface area contributed by atoms with Crippen molar-refractivity contribution >= 4 is 11.7 Å². The highest BCUT2D eigenvalue weighted by Gasteiger charge is 2.31. The highest BCUT2D eigenvalue weighted by molar-refractivity contribution is 6.02. The van der Waals surface area contributed by atoms with Crippen LogP contribution in [-0.4, -0.2) is 48.7 Å². The SMILES string of the molecule is COCC(C)N(C)C(=O)C(C(N)=NO)C(C)C. The van der Waals surface area contributed by atoms with E-state index in [0.29, 0.717) is 6.61 Å². The third-order valence-corrected chi connectivity index (χ3v) is 2.78. The molecule has 0 rings (SSSR count). The molecule has 0 saturated heterocycles. The van der Waals surface area contributed by atoms with Crippen LogP contribution >= 0.6 is 0 Å². The zero-order valence-electron chi connectivity index (χ0n) is 11.2. The number of likely N-dealkylation sites (N-methyl/N-ethyl adjacent to an activating group) is 1. The first kappa shape index (κ1) is 15.7. The van der Waals surface area contributed by atoms with Crippen molar-refractivity contribution in [2.75, 3.05) is 20.8 Å². The Kier molecular flexibility index (Phi) is 6.57. The Morgan fingerprint density at radius 3 is 2.35 bits per heavy atom. The Labute approximate surface area is 102 Å². The van der Waals surface area contributed by atoms with Gasteiger partial charge in [0, 0.05) is 14.2 Å². The average molecular weight is 245 g/mol. The average Bonchev–Trinajstić information content (AvgIpc) is 2.27. The molecule has 17 heavy (non-hydrogen) atoms. The van der Waals surface area contributed by atoms with Crippen LogP contribution in [0.15, 0.2) is 5.16 Å². The third-order valence-electron chi connectivity index (χ3n) is 2.78. The fraction of sp³-hybridized carbons (Fsp3) is 0.818. The monoisotopic (exact) mass is 245 g/mol. The van der Waals surface area contributed by atoms with Crippen molar-refractivity contribution < 1.29 is 14.7 Å². The maximum absolute atomic E-state index is 12.2. The summed E-state index contributed by atoms with van der Waals surface area (Å²) in [4.78, 5) is 13.8. The van der Waals surface area contributed by atoms with Gasteiger partial charge in [-0.2, -0.15) is 0 Å². The highest BCUT2D eigenvalue weighted by atomic mass is 16.5. The second-order valence-electron chi connectivity index (χ2n) is 4.50. The zero-order valence-corrected chi connectivity index (χ0v) is 11.2. The molecule has 0 spiro atoms. The number of methoxy groups -OCH3 is 1. The van der Waals surface area contributed by atoms with E-state index in [-0.39, 0.29) is 23.7 Å². The van der Waals surface area contributed by atoms with E-state index in [1.54, 1.807) is 19.1 Å². The molecule has 2 atom stereocenters. The minimum absolute atomic E-state index is 0.0319. The number of rotatable bonds is 6. The van der Waals surface area contributed by atoms with Crippen LogP contribution in [0, 0.1) is 11.8 Å². The largest absolute Gasteiger partial charge is 0.409 e. The summed E-state index contributed by atoms with van der Waals surface area (Å²) in [6.45, 7) is 6.04. The van der Waals surface area contributed by atoms with Crippen molar-refractivity contribution in [2.24, 2.45) is 22.7 Å². The van der Waals surface area contributed by atoms with Crippen molar-refractivity contribution in [3.63, 3.8) is 0 Å². The minimum Gasteiger partial charge on any atom is -0.409 e. The Hall–Kier alpha value is -1.30. The predicted molar refractivity (Wildman–Crippen MR) is 65.8 cm³/mol. The molecule has 0 aromatic carbocycles. The maximum atomic E-state index is 12.2. The van der Waals surface area contributed by atoms with Crippen LogP contribution in [0.25, 0.3) is 0 Å². The second-order valence-corrected chi connectivity index (χ2v) is 4.50. The van der Waals surface area contributed by atoms with E-state index in [0.717, 1.165) is 0 Å². The fourth-order valence-corrected chi connectivity index (χ4v) is 1.60. The number of ether oxygens (including phenoxy) is 1. The van der Waals surface area contributed by atoms with Crippen LogP contribution in [0.4, 0.5) is 0 Å². The molecular formula is C11H23N3O3. The Balaban J connectivity index is 4.85. The molecule has 6 heteroatoms. The number of nitrogens with zero attached hydrogens (tertiary/aromatic N) is 2. The summed E-state index contributed by atoms with van der Waals surface area (Å²) in [5, 5.41) is 11.6. The van der Waals surface area contributed by atoms with E-state index in [9.17, 15) is 4.79 Å². The van der Waals surface area contributed by atoms with Gasteiger partial charge in [0.15, 0.2) is 5.84 Å². The van der Waals surface area contributed by atoms with Crippen molar-refractivity contribution in [2.45, 2.75) is 26.8 Å². The summed E-state index contributed by atoms with van der Waals surface area (Å²) in [6, 6.07) is -0.0553. The van der Waals surface area contributed by atoms with Crippen LogP contribution in [-0.2, 0) is 9.53 Å². The topological polar surface area (TPSA) is 88.2 Å². The lowest BCUT2D eigenvalue weighted by molar-refractivity contribution is -0.135. The number of amides is 1. The molecule has 0 heterocycles. The molecule has 0 aromatic heterocycles. The Morgan fingerprint density at radius 2 is 2.00 bits per heavy atom. The van der Waals surface area contributed by atoms with Crippen molar-refractivity contribution in [3.8, 4) is 0 Å². The van der Waals surface area contributed by atoms with Crippen molar-refractivity contribution in [3.05, 3.63) is 0 Å². The molecule has 0 saturated carbocycles. The number of nitrogens with two attached hydrogens (primary N) is 1. The van der Waals surface area contributed by atoms with Crippen molar-refractivity contribution in [1.82, 2.24) is 4.90 Å². The van der Waals surface area contributed by atoms with E-state index in [1.165, 1.54) is 0 Å². The number of hydrogen-bond acceptors (Lipinski definition) is 4. The van der Waals surface area contributed by atoms with Crippen LogP contribution in [0.1, 0.15) is 20.8 Å². The maximum Gasteiger partial charge on any atom is 0.233 e. The molecule has 0 aliphatic rings. The Morgan fingerprint density at radius 1 is 1.47 bits per heavy atom. The molecular weight excluding hydrogens is 222 g/mol. The number of carbonyl (C=O) groups excluding carboxylic acids is 1. The van der Waals surface area contributed by atoms with Gasteiger partial charge in [-0.05, 0) is 12.8 Å². The van der Waals surface area contributed by atoms with Crippen LogP contribution < -0.4 is 5.73 Å². The number of amidine groups is 1. The summed E-state index contributed by atoms with van der Waals surface area (Å²) in [7, 11) is 3.27. The predicted octanol–water partition coefficient (Wildman–Crippen LogP) is 0.498. The highest BCUT2D eigenvalue weighted by Crippen LogP contribution is 2.15. The first-order valence-corrected chi connectivity index (χ1v) is 5.59. The van der Waals surface area contributed by atoms with Gasteiger partial charge in [0.25, 0.3) is 0 Å². The molecule has 0 radical (unpaired) electrons. The van der Waals surface area contributed by atoms with Gasteiger partial charge in [0.05, 0.1) is 12.6 Å². The van der Waals surface area contributed by atoms with Crippen LogP contribution in [0.3, 0.4) is 0 Å². The van der Waals surface area contributed by atoms with Gasteiger partial charge in [-0.3, -0.25) is 4.79 Å². The summed E-state index contributed by atoms with van der Waals surface area (Å²) < 4.78 is 5.00. The minimum atomic E-state index is -0.607. The number of carbonyl (C=O) groups is 1. The summed E-state index contributed by atoms with van der Waals surface area (Å²) in [5.41, 5.74) is 5.55. The summed E-state index contributed by atoms with van der Waals surface area (Å²) >= 11 is 0. The quantitative estimate of drug-likeness (QED) is 0.309. The molecule has 3 N–H and O–H groups in total. The van der Waals surface area contributed by atoms with E-state index in [1.807, 2.05) is 20.8 Å². The van der Waals surface area contributed by atoms with E-state index >= 15 is 0 Å². The van der Waals surface area contributed by atoms with E-state index in [2.05, 4.69) is 5.16 Å². The number of oxime groups is 1. The van der Waals surface area contributed by atoms with Gasteiger partial charge in [0.1, 0.15) is 5.92 Å². The molecule has 0 fully saturated rings. The first-order chi connectivity index (χ1) is 7.86. The molecule has 0 aliphatic carbocycles. The third kappa shape index (κ3) is 4.22. The molecule has 6 nitrogen and oxygen atoms in total. The second kappa shape index (κ2) is 7.11. The summed E-state index contributed by atoms with van der Waals surface area (Å²) in [6.07, 6.45) is 0. The van der Waals surface area contributed by atoms with Gasteiger partial charge in [-0.1, -0.05) is 19.0 Å². The van der Waals surface area contributed by atoms with Gasteiger partial charge < -0.3 is 20.6 Å². The van der Waals surface area contributed by atoms with E-state index < -0.39 is 5.92 Å². The molecule has 0 aliphatic heterocycles. The lowest BCUT2D eigenvalue weighted by Crippen LogP contribution is -2.47. The Bertz CT molecular complexity index is 279. The summed E-state index contributed by atoms with van der Waals surface area (Å²) in [5.74, 6) is -0.860. The lowest BCUT2D eigenvalue weighted by Gasteiger charge is -2.29. The van der Waals surface area contributed by atoms with Crippen molar-refractivity contribution in [1.29, 1.82) is 0 Å². The standard InChI is InChI=1S/C11H23N3O3/c1-7(2)9(10(12)13-16)11(15)14(4)8(3)6-17-5/h7-9,16H,6H2,1-5H3,(H2,12,13). The van der Waals surface area contributed by atoms with E-state index in [4.69, 9.17) is 15.7 Å². The fourth-order valence-electron chi connectivity index (χ4n) is 1.60. The van der Waals surface area contributed by atoms with Gasteiger partial charge in [0.2, 0.25) is 5.91 Å². The smallest absolute Gasteiger partial charge is 0.233 e. The van der Waals surface area contributed by atoms with Gasteiger partial charge in [-0.15, -0.1) is 0 Å². The van der Waals surface area contributed by atoms with Crippen LogP contribution in [0.2, 0.25) is 0 Å². The number of hydrogen-bond donors (Lipinski definition) is 2. The molecule has 100 valence electrons.